The first-order valence-electron chi connectivity index (χ1n) is 6.16. The van der Waals surface area contributed by atoms with Crippen LogP contribution in [0.3, 0.4) is 0 Å². The van der Waals surface area contributed by atoms with Crippen molar-refractivity contribution in [3.8, 4) is 6.07 Å². The minimum Gasteiger partial charge on any atom is -0.229 e. The molecule has 0 N–H and O–H groups in total. The van der Waals surface area contributed by atoms with E-state index in [2.05, 4.69) is 6.07 Å². The van der Waals surface area contributed by atoms with Crippen LogP contribution in [0.5, 0.6) is 0 Å². The number of nitrogens with zero attached hydrogens (tertiary/aromatic N) is 1. The molecule has 3 nitrogen and oxygen atoms in total. The summed E-state index contributed by atoms with van der Waals surface area (Å²) in [6.45, 7) is 0. The van der Waals surface area contributed by atoms with Crippen LogP contribution < -0.4 is 0 Å². The minimum absolute atomic E-state index is 0.260. The van der Waals surface area contributed by atoms with Gasteiger partial charge in [-0.3, -0.25) is 0 Å². The summed E-state index contributed by atoms with van der Waals surface area (Å²) in [6.07, 6.45) is 3.39. The van der Waals surface area contributed by atoms with Crippen LogP contribution in [0.15, 0.2) is 30.3 Å². The Bertz CT molecular complexity index is 545. The molecule has 1 saturated carbocycles. The summed E-state index contributed by atoms with van der Waals surface area (Å²) in [5.41, 5.74) is 1.18. The third-order valence-corrected chi connectivity index (χ3v) is 5.40. The number of benzene rings is 1. The zero-order valence-corrected chi connectivity index (χ0v) is 11.2. The summed E-state index contributed by atoms with van der Waals surface area (Å²) in [6, 6.07) is 12.1. The van der Waals surface area contributed by atoms with E-state index in [-0.39, 0.29) is 11.8 Å². The summed E-state index contributed by atoms with van der Waals surface area (Å²) >= 11 is 0. The molecule has 3 atom stereocenters. The van der Waals surface area contributed by atoms with Gasteiger partial charge < -0.3 is 0 Å². The lowest BCUT2D eigenvalue weighted by atomic mass is 9.79. The highest BCUT2D eigenvalue weighted by Gasteiger charge is 2.37. The van der Waals surface area contributed by atoms with E-state index in [1.165, 1.54) is 11.8 Å². The molecule has 3 unspecified atom stereocenters. The molecule has 0 aliphatic heterocycles. The van der Waals surface area contributed by atoms with Gasteiger partial charge in [-0.05, 0) is 30.7 Å². The Kier molecular flexibility index (Phi) is 3.72. The zero-order valence-electron chi connectivity index (χ0n) is 10.4. The smallest absolute Gasteiger partial charge is 0.151 e. The van der Waals surface area contributed by atoms with Crippen molar-refractivity contribution in [2.24, 2.45) is 5.92 Å². The van der Waals surface area contributed by atoms with Gasteiger partial charge in [0.15, 0.2) is 9.84 Å². The Morgan fingerprint density at radius 3 is 2.44 bits per heavy atom. The number of hydrogen-bond donors (Lipinski definition) is 0. The highest BCUT2D eigenvalue weighted by molar-refractivity contribution is 7.91. The van der Waals surface area contributed by atoms with Crippen LogP contribution in [0, 0.1) is 17.2 Å². The number of rotatable bonds is 2. The Morgan fingerprint density at radius 1 is 1.22 bits per heavy atom. The second-order valence-corrected chi connectivity index (χ2v) is 7.29. The Labute approximate surface area is 108 Å². The summed E-state index contributed by atoms with van der Waals surface area (Å²) in [5.74, 6) is -0.0875. The average molecular weight is 263 g/mol. The fraction of sp³-hybridized carbons (Fsp3) is 0.500. The molecule has 1 aromatic rings. The van der Waals surface area contributed by atoms with Gasteiger partial charge in [0, 0.05) is 6.26 Å². The average Bonchev–Trinajstić information content (AvgIpc) is 2.38. The normalized spacial score (nSPS) is 28.6. The van der Waals surface area contributed by atoms with Gasteiger partial charge in [0.05, 0.1) is 17.2 Å². The molecule has 1 aliphatic carbocycles. The molecule has 0 radical (unpaired) electrons. The van der Waals surface area contributed by atoms with Crippen molar-refractivity contribution in [1.82, 2.24) is 0 Å². The molecule has 1 fully saturated rings. The summed E-state index contributed by atoms with van der Waals surface area (Å²) in [4.78, 5) is 0. The molecule has 0 bridgehead atoms. The van der Waals surface area contributed by atoms with Gasteiger partial charge >= 0.3 is 0 Å². The summed E-state index contributed by atoms with van der Waals surface area (Å²) < 4.78 is 23.6. The second-order valence-electron chi connectivity index (χ2n) is 5.02. The van der Waals surface area contributed by atoms with Crippen LogP contribution in [-0.4, -0.2) is 19.9 Å². The Balaban J connectivity index is 2.23. The number of sulfone groups is 1. The van der Waals surface area contributed by atoms with Crippen molar-refractivity contribution in [1.29, 1.82) is 5.26 Å². The molecule has 1 aromatic carbocycles. The van der Waals surface area contributed by atoms with Gasteiger partial charge in [-0.2, -0.15) is 5.26 Å². The second kappa shape index (κ2) is 5.11. The molecular formula is C14H17NO2S. The van der Waals surface area contributed by atoms with Crippen LogP contribution in [0.25, 0.3) is 0 Å². The van der Waals surface area contributed by atoms with Crippen molar-refractivity contribution < 1.29 is 8.42 Å². The summed E-state index contributed by atoms with van der Waals surface area (Å²) in [5, 5.41) is 8.55. The lowest BCUT2D eigenvalue weighted by Gasteiger charge is -2.31. The van der Waals surface area contributed by atoms with E-state index in [0.29, 0.717) is 12.8 Å². The zero-order chi connectivity index (χ0) is 13.2. The molecular weight excluding hydrogens is 246 g/mol. The van der Waals surface area contributed by atoms with Gasteiger partial charge in [0.1, 0.15) is 0 Å². The first-order chi connectivity index (χ1) is 8.52. The van der Waals surface area contributed by atoms with Gasteiger partial charge in [-0.1, -0.05) is 30.3 Å². The van der Waals surface area contributed by atoms with Crippen molar-refractivity contribution in [2.45, 2.75) is 30.4 Å². The predicted molar refractivity (Wildman–Crippen MR) is 70.8 cm³/mol. The third-order valence-electron chi connectivity index (χ3n) is 3.78. The third kappa shape index (κ3) is 2.73. The monoisotopic (exact) mass is 263 g/mol. The lowest BCUT2D eigenvalue weighted by Crippen LogP contribution is -2.34. The van der Waals surface area contributed by atoms with E-state index in [1.807, 2.05) is 30.3 Å². The largest absolute Gasteiger partial charge is 0.229 e. The molecule has 18 heavy (non-hydrogen) atoms. The quantitative estimate of drug-likeness (QED) is 0.823. The molecule has 4 heteroatoms. The molecule has 2 rings (SSSR count). The van der Waals surface area contributed by atoms with E-state index < -0.39 is 15.1 Å². The number of nitriles is 1. The highest BCUT2D eigenvalue weighted by Crippen LogP contribution is 2.38. The molecule has 0 spiro atoms. The van der Waals surface area contributed by atoms with Crippen LogP contribution in [0.2, 0.25) is 0 Å². The van der Waals surface area contributed by atoms with Crippen LogP contribution >= 0.6 is 0 Å². The maximum absolute atomic E-state index is 11.8. The first kappa shape index (κ1) is 13.1. The number of hydrogen-bond acceptors (Lipinski definition) is 3. The lowest BCUT2D eigenvalue weighted by molar-refractivity contribution is 0.379. The van der Waals surface area contributed by atoms with E-state index >= 15 is 0 Å². The van der Waals surface area contributed by atoms with E-state index in [1.54, 1.807) is 0 Å². The molecule has 1 aliphatic rings. The van der Waals surface area contributed by atoms with Crippen LogP contribution in [0.4, 0.5) is 0 Å². The molecule has 96 valence electrons. The van der Waals surface area contributed by atoms with E-state index in [0.717, 1.165) is 6.42 Å². The molecule has 0 saturated heterocycles. The predicted octanol–water partition coefficient (Wildman–Crippen LogP) is 2.51. The van der Waals surface area contributed by atoms with E-state index in [4.69, 9.17) is 5.26 Å². The molecule has 0 aromatic heterocycles. The molecule has 0 amide bonds. The van der Waals surface area contributed by atoms with Crippen LogP contribution in [0.1, 0.15) is 30.7 Å². The fourth-order valence-corrected chi connectivity index (χ4v) is 4.15. The van der Waals surface area contributed by atoms with Crippen molar-refractivity contribution in [3.63, 3.8) is 0 Å². The van der Waals surface area contributed by atoms with Gasteiger partial charge in [0.2, 0.25) is 0 Å². The Morgan fingerprint density at radius 2 is 1.89 bits per heavy atom. The highest BCUT2D eigenvalue weighted by atomic mass is 32.2. The van der Waals surface area contributed by atoms with Crippen molar-refractivity contribution in [3.05, 3.63) is 35.9 Å². The maximum Gasteiger partial charge on any atom is 0.151 e. The SMILES string of the molecule is CS(=O)(=O)C1CC(c2ccccc2)CCC1C#N. The minimum atomic E-state index is -3.15. The van der Waals surface area contributed by atoms with Gasteiger partial charge in [-0.25, -0.2) is 8.42 Å². The van der Waals surface area contributed by atoms with E-state index in [9.17, 15) is 8.42 Å². The summed E-state index contributed by atoms with van der Waals surface area (Å²) in [7, 11) is -3.15. The maximum atomic E-state index is 11.8. The van der Waals surface area contributed by atoms with Crippen molar-refractivity contribution >= 4 is 9.84 Å². The van der Waals surface area contributed by atoms with Gasteiger partial charge in [0.25, 0.3) is 0 Å². The standard InChI is InChI=1S/C14H17NO2S/c1-18(16,17)14-9-12(7-8-13(14)10-15)11-5-3-2-4-6-11/h2-6,12-14H,7-9H2,1H3. The Hall–Kier alpha value is -1.34. The fourth-order valence-electron chi connectivity index (χ4n) is 2.78. The molecule has 0 heterocycles. The van der Waals surface area contributed by atoms with Crippen molar-refractivity contribution in [2.75, 3.05) is 6.26 Å². The first-order valence-corrected chi connectivity index (χ1v) is 8.11. The topological polar surface area (TPSA) is 57.9 Å². The van der Waals surface area contributed by atoms with Crippen LogP contribution in [-0.2, 0) is 9.84 Å². The van der Waals surface area contributed by atoms with Gasteiger partial charge in [-0.15, -0.1) is 0 Å².